The first-order valence-corrected chi connectivity index (χ1v) is 7.94. The summed E-state index contributed by atoms with van der Waals surface area (Å²) in [6.45, 7) is 0.962. The number of hydrogen-bond acceptors (Lipinski definition) is 4. The van der Waals surface area contributed by atoms with E-state index in [2.05, 4.69) is 10.6 Å². The first kappa shape index (κ1) is 16.6. The molecule has 0 aliphatic heterocycles. The summed E-state index contributed by atoms with van der Waals surface area (Å²) in [5.74, 6) is 1.49. The fraction of sp³-hybridized carbons (Fsp3) is 0.588. The zero-order chi connectivity index (χ0) is 15.8. The van der Waals surface area contributed by atoms with Gasteiger partial charge in [0.25, 0.3) is 0 Å². The Morgan fingerprint density at radius 1 is 1.14 bits per heavy atom. The van der Waals surface area contributed by atoms with Gasteiger partial charge in [-0.05, 0) is 30.5 Å². The highest BCUT2D eigenvalue weighted by Gasteiger charge is 2.15. The standard InChI is InChI=1S/C17H26N2O3/c1-21-15-9-8-13(10-16(15)22-2)11-18-12-17(20)19-14-6-4-3-5-7-14/h8-10,14,18H,3-7,11-12H2,1-2H3,(H,19,20). The zero-order valence-electron chi connectivity index (χ0n) is 13.5. The molecular formula is C17H26N2O3. The van der Waals surface area contributed by atoms with Crippen molar-refractivity contribution in [3.05, 3.63) is 23.8 Å². The molecule has 0 unspecified atom stereocenters. The van der Waals surface area contributed by atoms with Crippen molar-refractivity contribution in [2.75, 3.05) is 20.8 Å². The highest BCUT2D eigenvalue weighted by atomic mass is 16.5. The first-order chi connectivity index (χ1) is 10.7. The number of methoxy groups -OCH3 is 2. The van der Waals surface area contributed by atoms with Gasteiger partial charge in [0.1, 0.15) is 0 Å². The molecule has 2 rings (SSSR count). The molecule has 0 spiro atoms. The van der Waals surface area contributed by atoms with Crippen molar-refractivity contribution in [3.63, 3.8) is 0 Å². The molecule has 1 fully saturated rings. The van der Waals surface area contributed by atoms with Crippen LogP contribution in [0.3, 0.4) is 0 Å². The fourth-order valence-corrected chi connectivity index (χ4v) is 2.84. The minimum atomic E-state index is 0.0763. The highest BCUT2D eigenvalue weighted by Crippen LogP contribution is 2.27. The number of ether oxygens (including phenoxy) is 2. The van der Waals surface area contributed by atoms with E-state index < -0.39 is 0 Å². The van der Waals surface area contributed by atoms with Crippen LogP contribution in [-0.2, 0) is 11.3 Å². The van der Waals surface area contributed by atoms with Crippen LogP contribution in [0.4, 0.5) is 0 Å². The van der Waals surface area contributed by atoms with Crippen LogP contribution in [0.25, 0.3) is 0 Å². The largest absolute Gasteiger partial charge is 0.493 e. The fourth-order valence-electron chi connectivity index (χ4n) is 2.84. The van der Waals surface area contributed by atoms with Gasteiger partial charge in [0.2, 0.25) is 5.91 Å². The minimum Gasteiger partial charge on any atom is -0.493 e. The first-order valence-electron chi connectivity index (χ1n) is 7.94. The third-order valence-electron chi connectivity index (χ3n) is 4.03. The Labute approximate surface area is 132 Å². The molecule has 0 bridgehead atoms. The second kappa shape index (κ2) is 8.63. The van der Waals surface area contributed by atoms with E-state index >= 15 is 0 Å². The minimum absolute atomic E-state index is 0.0763. The molecule has 2 N–H and O–H groups in total. The molecule has 122 valence electrons. The summed E-state index contributed by atoms with van der Waals surface area (Å²) < 4.78 is 10.5. The second-order valence-electron chi connectivity index (χ2n) is 5.70. The van der Waals surface area contributed by atoms with Crippen LogP contribution < -0.4 is 20.1 Å². The maximum absolute atomic E-state index is 11.9. The van der Waals surface area contributed by atoms with Gasteiger partial charge in [-0.25, -0.2) is 0 Å². The van der Waals surface area contributed by atoms with Gasteiger partial charge in [0.05, 0.1) is 20.8 Å². The third-order valence-corrected chi connectivity index (χ3v) is 4.03. The van der Waals surface area contributed by atoms with E-state index in [0.717, 1.165) is 18.4 Å². The van der Waals surface area contributed by atoms with E-state index in [1.54, 1.807) is 14.2 Å². The molecular weight excluding hydrogens is 280 g/mol. The third kappa shape index (κ3) is 4.91. The van der Waals surface area contributed by atoms with Crippen LogP contribution in [0.15, 0.2) is 18.2 Å². The summed E-state index contributed by atoms with van der Waals surface area (Å²) in [5, 5.41) is 6.27. The molecule has 1 amide bonds. The zero-order valence-corrected chi connectivity index (χ0v) is 13.5. The van der Waals surface area contributed by atoms with Crippen LogP contribution in [-0.4, -0.2) is 32.7 Å². The van der Waals surface area contributed by atoms with E-state index in [9.17, 15) is 4.79 Å². The molecule has 0 atom stereocenters. The molecule has 5 heteroatoms. The SMILES string of the molecule is COc1ccc(CNCC(=O)NC2CCCCC2)cc1OC. The molecule has 5 nitrogen and oxygen atoms in total. The van der Waals surface area contributed by atoms with Gasteiger partial charge in [0, 0.05) is 12.6 Å². The van der Waals surface area contributed by atoms with E-state index in [4.69, 9.17) is 9.47 Å². The van der Waals surface area contributed by atoms with Gasteiger partial charge in [-0.3, -0.25) is 4.79 Å². The molecule has 1 aliphatic rings. The van der Waals surface area contributed by atoms with Crippen molar-refractivity contribution in [1.29, 1.82) is 0 Å². The highest BCUT2D eigenvalue weighted by molar-refractivity contribution is 5.78. The number of nitrogens with one attached hydrogen (secondary N) is 2. The average molecular weight is 306 g/mol. The number of rotatable bonds is 7. The van der Waals surface area contributed by atoms with Gasteiger partial charge in [-0.15, -0.1) is 0 Å². The summed E-state index contributed by atoms with van der Waals surface area (Å²) in [7, 11) is 3.23. The Morgan fingerprint density at radius 3 is 2.55 bits per heavy atom. The number of hydrogen-bond donors (Lipinski definition) is 2. The molecule has 1 aromatic rings. The van der Waals surface area contributed by atoms with E-state index in [-0.39, 0.29) is 5.91 Å². The Hall–Kier alpha value is -1.75. The lowest BCUT2D eigenvalue weighted by molar-refractivity contribution is -0.121. The Balaban J connectivity index is 1.74. The smallest absolute Gasteiger partial charge is 0.234 e. The molecule has 0 aromatic heterocycles. The molecule has 1 aromatic carbocycles. The molecule has 1 saturated carbocycles. The number of carbonyl (C=O) groups excluding carboxylic acids is 1. The monoisotopic (exact) mass is 306 g/mol. The van der Waals surface area contributed by atoms with Crippen LogP contribution >= 0.6 is 0 Å². The van der Waals surface area contributed by atoms with Crippen LogP contribution in [0.5, 0.6) is 11.5 Å². The molecule has 1 aliphatic carbocycles. The van der Waals surface area contributed by atoms with Crippen molar-refractivity contribution in [2.24, 2.45) is 0 Å². The van der Waals surface area contributed by atoms with Crippen molar-refractivity contribution in [3.8, 4) is 11.5 Å². The summed E-state index contributed by atoms with van der Waals surface area (Å²) in [6.07, 6.45) is 5.97. The summed E-state index contributed by atoms with van der Waals surface area (Å²) in [5.41, 5.74) is 1.06. The van der Waals surface area contributed by atoms with Crippen LogP contribution in [0.1, 0.15) is 37.7 Å². The second-order valence-corrected chi connectivity index (χ2v) is 5.70. The van der Waals surface area contributed by atoms with Crippen molar-refractivity contribution >= 4 is 5.91 Å². The van der Waals surface area contributed by atoms with E-state index in [1.807, 2.05) is 18.2 Å². The maximum atomic E-state index is 11.9. The lowest BCUT2D eigenvalue weighted by Gasteiger charge is -2.22. The van der Waals surface area contributed by atoms with Crippen LogP contribution in [0.2, 0.25) is 0 Å². The predicted molar refractivity (Wildman–Crippen MR) is 86.3 cm³/mol. The van der Waals surface area contributed by atoms with Gasteiger partial charge >= 0.3 is 0 Å². The predicted octanol–water partition coefficient (Wildman–Crippen LogP) is 2.24. The Kier molecular flexibility index (Phi) is 6.52. The normalized spacial score (nSPS) is 15.4. The van der Waals surface area contributed by atoms with Gasteiger partial charge < -0.3 is 20.1 Å². The lowest BCUT2D eigenvalue weighted by Crippen LogP contribution is -2.41. The number of amides is 1. The maximum Gasteiger partial charge on any atom is 0.234 e. The van der Waals surface area contributed by atoms with E-state index in [1.165, 1.54) is 19.3 Å². The van der Waals surface area contributed by atoms with Crippen LogP contribution in [0, 0.1) is 0 Å². The molecule has 0 radical (unpaired) electrons. The summed E-state index contributed by atoms with van der Waals surface area (Å²) in [6, 6.07) is 6.13. The van der Waals surface area contributed by atoms with Crippen molar-refractivity contribution < 1.29 is 14.3 Å². The van der Waals surface area contributed by atoms with E-state index in [0.29, 0.717) is 30.6 Å². The van der Waals surface area contributed by atoms with Gasteiger partial charge in [-0.1, -0.05) is 25.3 Å². The van der Waals surface area contributed by atoms with Gasteiger partial charge in [0.15, 0.2) is 11.5 Å². The molecule has 0 saturated heterocycles. The lowest BCUT2D eigenvalue weighted by atomic mass is 9.95. The summed E-state index contributed by atoms with van der Waals surface area (Å²) in [4.78, 5) is 11.9. The molecule has 22 heavy (non-hydrogen) atoms. The molecule has 0 heterocycles. The number of benzene rings is 1. The Bertz CT molecular complexity index is 485. The average Bonchev–Trinajstić information content (AvgIpc) is 2.55. The number of carbonyl (C=O) groups is 1. The van der Waals surface area contributed by atoms with Crippen molar-refractivity contribution in [2.45, 2.75) is 44.7 Å². The summed E-state index contributed by atoms with van der Waals surface area (Å²) >= 11 is 0. The quantitative estimate of drug-likeness (QED) is 0.811. The Morgan fingerprint density at radius 2 is 1.86 bits per heavy atom. The van der Waals surface area contributed by atoms with Crippen molar-refractivity contribution in [1.82, 2.24) is 10.6 Å². The topological polar surface area (TPSA) is 59.6 Å². The van der Waals surface area contributed by atoms with Gasteiger partial charge in [-0.2, -0.15) is 0 Å².